The molecule has 8 nitrogen and oxygen atoms in total. The molecule has 0 saturated heterocycles. The maximum Gasteiger partial charge on any atom is 0.469 e. The normalized spacial score (nSPS) is 12.7. The van der Waals surface area contributed by atoms with Gasteiger partial charge in [0.25, 0.3) is 0 Å². The number of phosphoric acid groups is 1. The van der Waals surface area contributed by atoms with Crippen molar-refractivity contribution >= 4 is 19.8 Å². The SMILES string of the molecule is C=CCCCCCCCCCCCCCCCC(=O)O[C@H](COC(=O)CCCCCC/C=C/C/C=C/C/C=C/CCCCC)COP(=O)(O)O. The Kier molecular flexibility index (Phi) is 35.3. The fourth-order valence-corrected chi connectivity index (χ4v) is 5.84. The van der Waals surface area contributed by atoms with Crippen LogP contribution in [0.1, 0.15) is 180 Å². The summed E-state index contributed by atoms with van der Waals surface area (Å²) >= 11 is 0. The summed E-state index contributed by atoms with van der Waals surface area (Å²) < 4.78 is 26.3. The maximum absolute atomic E-state index is 12.4. The number of rotatable bonds is 37. The van der Waals surface area contributed by atoms with Crippen LogP contribution in [0.2, 0.25) is 0 Å². The van der Waals surface area contributed by atoms with E-state index in [0.29, 0.717) is 12.8 Å². The Bertz CT molecular complexity index is 939. The first kappa shape index (κ1) is 48.0. The predicted molar refractivity (Wildman–Crippen MR) is 207 cm³/mol. The van der Waals surface area contributed by atoms with Crippen LogP contribution in [0.5, 0.6) is 0 Å². The van der Waals surface area contributed by atoms with Crippen molar-refractivity contribution in [3.05, 3.63) is 49.1 Å². The highest BCUT2D eigenvalue weighted by Gasteiger charge is 2.22. The van der Waals surface area contributed by atoms with E-state index in [-0.39, 0.29) is 19.4 Å². The van der Waals surface area contributed by atoms with Crippen molar-refractivity contribution in [1.82, 2.24) is 0 Å². The molecule has 0 aromatic carbocycles. The number of allylic oxidation sites excluding steroid dienone is 7. The van der Waals surface area contributed by atoms with E-state index in [1.54, 1.807) is 0 Å². The lowest BCUT2D eigenvalue weighted by molar-refractivity contribution is -0.161. The van der Waals surface area contributed by atoms with Crippen molar-refractivity contribution in [3.63, 3.8) is 0 Å². The molecule has 0 aliphatic rings. The van der Waals surface area contributed by atoms with Crippen LogP contribution in [0, 0.1) is 0 Å². The second-order valence-corrected chi connectivity index (χ2v) is 14.6. The second kappa shape index (κ2) is 36.8. The summed E-state index contributed by atoms with van der Waals surface area (Å²) in [5.74, 6) is -0.913. The largest absolute Gasteiger partial charge is 0.469 e. The summed E-state index contributed by atoms with van der Waals surface area (Å²) in [5, 5.41) is 0. The van der Waals surface area contributed by atoms with Crippen LogP contribution in [0.15, 0.2) is 49.1 Å². The van der Waals surface area contributed by atoms with E-state index in [1.807, 2.05) is 6.08 Å². The van der Waals surface area contributed by atoms with Gasteiger partial charge >= 0.3 is 19.8 Å². The molecule has 0 saturated carbocycles. The average Bonchev–Trinajstić information content (AvgIpc) is 3.08. The zero-order valence-corrected chi connectivity index (χ0v) is 32.5. The Hall–Kier alpha value is -1.99. The van der Waals surface area contributed by atoms with Gasteiger partial charge in [-0.3, -0.25) is 14.1 Å². The highest BCUT2D eigenvalue weighted by atomic mass is 31.2. The van der Waals surface area contributed by atoms with Gasteiger partial charge in [0.1, 0.15) is 6.61 Å². The molecule has 1 atom stereocenters. The smallest absolute Gasteiger partial charge is 0.462 e. The molecule has 0 heterocycles. The molecule has 2 N–H and O–H groups in total. The van der Waals surface area contributed by atoms with Gasteiger partial charge in [-0.15, -0.1) is 6.58 Å². The van der Waals surface area contributed by atoms with Gasteiger partial charge in [-0.2, -0.15) is 0 Å². The highest BCUT2D eigenvalue weighted by Crippen LogP contribution is 2.36. The average molecular weight is 725 g/mol. The summed E-state index contributed by atoms with van der Waals surface area (Å²) in [6, 6.07) is 0. The zero-order chi connectivity index (χ0) is 36.8. The minimum absolute atomic E-state index is 0.204. The number of esters is 2. The van der Waals surface area contributed by atoms with Crippen LogP contribution >= 0.6 is 7.82 Å². The van der Waals surface area contributed by atoms with E-state index in [0.717, 1.165) is 64.2 Å². The molecule has 9 heteroatoms. The number of hydrogen-bond donors (Lipinski definition) is 2. The Morgan fingerprint density at radius 3 is 1.48 bits per heavy atom. The topological polar surface area (TPSA) is 119 Å². The summed E-state index contributed by atoms with van der Waals surface area (Å²) in [6.45, 7) is 5.15. The molecule has 0 radical (unpaired) electrons. The molecule has 0 aliphatic carbocycles. The molecule has 0 aromatic heterocycles. The molecule has 0 unspecified atom stereocenters. The first-order valence-corrected chi connectivity index (χ1v) is 21.4. The summed E-state index contributed by atoms with van der Waals surface area (Å²) in [6.07, 6.45) is 42.9. The third kappa shape index (κ3) is 38.8. The van der Waals surface area contributed by atoms with Crippen molar-refractivity contribution in [2.75, 3.05) is 13.2 Å². The van der Waals surface area contributed by atoms with Crippen molar-refractivity contribution < 1.29 is 37.9 Å². The van der Waals surface area contributed by atoms with E-state index in [2.05, 4.69) is 54.5 Å². The zero-order valence-electron chi connectivity index (χ0n) is 31.6. The summed E-state index contributed by atoms with van der Waals surface area (Å²) in [7, 11) is -4.76. The van der Waals surface area contributed by atoms with Crippen molar-refractivity contribution in [2.45, 2.75) is 186 Å². The Morgan fingerprint density at radius 1 is 0.580 bits per heavy atom. The lowest BCUT2D eigenvalue weighted by atomic mass is 10.0. The van der Waals surface area contributed by atoms with Crippen LogP contribution < -0.4 is 0 Å². The van der Waals surface area contributed by atoms with Crippen LogP contribution in [0.3, 0.4) is 0 Å². The molecule has 0 rings (SSSR count). The van der Waals surface area contributed by atoms with Gasteiger partial charge < -0.3 is 19.3 Å². The molecule has 0 aliphatic heterocycles. The second-order valence-electron chi connectivity index (χ2n) is 13.3. The van der Waals surface area contributed by atoms with Crippen LogP contribution in [0.25, 0.3) is 0 Å². The summed E-state index contributed by atoms with van der Waals surface area (Å²) in [4.78, 5) is 42.8. The number of carbonyl (C=O) groups is 2. The van der Waals surface area contributed by atoms with Crippen molar-refractivity contribution in [1.29, 1.82) is 0 Å². The van der Waals surface area contributed by atoms with Gasteiger partial charge in [-0.1, -0.05) is 146 Å². The lowest BCUT2D eigenvalue weighted by Gasteiger charge is -2.18. The van der Waals surface area contributed by atoms with Gasteiger partial charge in [-0.25, -0.2) is 4.57 Å². The standard InChI is InChI=1S/C41H73O8P/c1-3-5-7-9-11-13-15-17-19-20-22-23-25-27-29-31-33-35-40(42)47-37-39(38-48-50(44,45)46)49-41(43)36-34-32-30-28-26-24-21-18-16-14-12-10-8-6-4-2/h4,11,13,17,19,22-23,39H,2-3,5-10,12,14-16,18,20-21,24-38H2,1H3,(H2,44,45,46)/b13-11+,19-17+,23-22+/t39-/m1/s1. The molecular weight excluding hydrogens is 651 g/mol. The first-order valence-electron chi connectivity index (χ1n) is 19.9. The van der Waals surface area contributed by atoms with E-state index < -0.39 is 32.5 Å². The van der Waals surface area contributed by atoms with E-state index in [9.17, 15) is 14.2 Å². The number of carbonyl (C=O) groups excluding carboxylic acids is 2. The molecule has 0 aromatic rings. The molecular formula is C41H73O8P. The Labute approximate surface area is 305 Å². The monoisotopic (exact) mass is 725 g/mol. The third-order valence-corrected chi connectivity index (χ3v) is 8.95. The van der Waals surface area contributed by atoms with Crippen LogP contribution in [0.4, 0.5) is 0 Å². The van der Waals surface area contributed by atoms with Gasteiger partial charge in [0.05, 0.1) is 6.61 Å². The summed E-state index contributed by atoms with van der Waals surface area (Å²) in [5.41, 5.74) is 0. The molecule has 50 heavy (non-hydrogen) atoms. The molecule has 290 valence electrons. The van der Waals surface area contributed by atoms with Crippen molar-refractivity contribution in [3.8, 4) is 0 Å². The Morgan fingerprint density at radius 2 is 1.00 bits per heavy atom. The van der Waals surface area contributed by atoms with Crippen LogP contribution in [-0.4, -0.2) is 41.0 Å². The number of unbranched alkanes of at least 4 members (excludes halogenated alkanes) is 20. The van der Waals surface area contributed by atoms with Gasteiger partial charge in [-0.05, 0) is 64.2 Å². The van der Waals surface area contributed by atoms with E-state index >= 15 is 0 Å². The highest BCUT2D eigenvalue weighted by molar-refractivity contribution is 7.46. The fourth-order valence-electron chi connectivity index (χ4n) is 5.48. The van der Waals surface area contributed by atoms with Gasteiger partial charge in [0, 0.05) is 12.8 Å². The molecule has 0 amide bonds. The fraction of sp³-hybridized carbons (Fsp3) is 0.756. The molecule has 0 bridgehead atoms. The molecule has 0 spiro atoms. The minimum Gasteiger partial charge on any atom is -0.462 e. The van der Waals surface area contributed by atoms with E-state index in [4.69, 9.17) is 19.3 Å². The minimum atomic E-state index is -4.76. The number of hydrogen-bond acceptors (Lipinski definition) is 6. The maximum atomic E-state index is 12.4. The van der Waals surface area contributed by atoms with E-state index in [1.165, 1.54) is 83.5 Å². The van der Waals surface area contributed by atoms with Crippen molar-refractivity contribution in [2.24, 2.45) is 0 Å². The third-order valence-electron chi connectivity index (χ3n) is 8.47. The van der Waals surface area contributed by atoms with Crippen LogP contribution in [-0.2, 0) is 28.2 Å². The van der Waals surface area contributed by atoms with Gasteiger partial charge in [0.2, 0.25) is 0 Å². The Balaban J connectivity index is 3.97. The lowest BCUT2D eigenvalue weighted by Crippen LogP contribution is -2.29. The van der Waals surface area contributed by atoms with Gasteiger partial charge in [0.15, 0.2) is 6.10 Å². The first-order chi connectivity index (χ1) is 24.3. The molecule has 0 fully saturated rings. The predicted octanol–water partition coefficient (Wildman–Crippen LogP) is 12.0. The number of phosphoric ester groups is 1. The quantitative estimate of drug-likeness (QED) is 0.0281. The number of ether oxygens (including phenoxy) is 2.